The van der Waals surface area contributed by atoms with Crippen molar-refractivity contribution in [1.29, 1.82) is 0 Å². The summed E-state index contributed by atoms with van der Waals surface area (Å²) in [6.07, 6.45) is 7.89. The van der Waals surface area contributed by atoms with Gasteiger partial charge in [0.25, 0.3) is 0 Å². The predicted octanol–water partition coefficient (Wildman–Crippen LogP) is 5.10. The Balaban J connectivity index is 2.25. The molecule has 0 saturated carbocycles. The van der Waals surface area contributed by atoms with Crippen LogP contribution in [0.1, 0.15) is 48.4 Å². The van der Waals surface area contributed by atoms with E-state index in [4.69, 9.17) is 0 Å². The number of benzene rings is 1. The molecular weight excluding hydrogens is 295 g/mol. The van der Waals surface area contributed by atoms with E-state index in [9.17, 15) is 0 Å². The zero-order chi connectivity index (χ0) is 13.5. The number of hydrogen-bond acceptors (Lipinski definition) is 0. The Bertz CT molecular complexity index is 482. The van der Waals surface area contributed by atoms with E-state index < -0.39 is 0 Å². The number of unbranched alkanes of at least 4 members (excludes halogenated alkanes) is 2. The molecule has 1 aromatic heterocycles. The Morgan fingerprint density at radius 1 is 0.895 bits per heavy atom. The molecule has 0 amide bonds. The molecule has 0 unspecified atom stereocenters. The maximum absolute atomic E-state index is 2.50. The van der Waals surface area contributed by atoms with E-state index in [1.165, 1.54) is 44.1 Å². The quantitative estimate of drug-likeness (QED) is 0.623. The van der Waals surface area contributed by atoms with E-state index in [0.29, 0.717) is 14.5 Å². The summed E-state index contributed by atoms with van der Waals surface area (Å²) in [5, 5.41) is 0. The Morgan fingerprint density at radius 2 is 1.58 bits per heavy atom. The first kappa shape index (κ1) is 14.6. The zero-order valence-corrected chi connectivity index (χ0v) is 13.8. The fourth-order valence-corrected chi connectivity index (χ4v) is 5.01. The van der Waals surface area contributed by atoms with E-state index in [2.05, 4.69) is 50.2 Å². The van der Waals surface area contributed by atoms with Gasteiger partial charge in [-0.1, -0.05) is 0 Å². The molecule has 0 spiro atoms. The predicted molar refractivity (Wildman–Crippen MR) is 86.0 cm³/mol. The normalized spacial score (nSPS) is 10.8. The van der Waals surface area contributed by atoms with Crippen molar-refractivity contribution >= 4 is 14.5 Å². The zero-order valence-electron chi connectivity index (χ0n) is 12.1. The van der Waals surface area contributed by atoms with Crippen LogP contribution in [0.2, 0.25) is 0 Å². The third-order valence-electron chi connectivity index (χ3n) is 3.48. The minimum absolute atomic E-state index is 0.621. The van der Waals surface area contributed by atoms with Crippen molar-refractivity contribution in [2.75, 3.05) is 0 Å². The molecule has 1 heteroatoms. The second-order valence-electron chi connectivity index (χ2n) is 5.12. The van der Waals surface area contributed by atoms with Crippen molar-refractivity contribution in [1.82, 2.24) is 0 Å². The van der Waals surface area contributed by atoms with Gasteiger partial charge in [0.05, 0.1) is 0 Å². The third-order valence-corrected chi connectivity index (χ3v) is 6.11. The molecule has 102 valence electrons. The van der Waals surface area contributed by atoms with Crippen LogP contribution in [-0.4, -0.2) is 14.5 Å². The molecule has 0 bridgehead atoms. The van der Waals surface area contributed by atoms with Crippen LogP contribution in [0.3, 0.4) is 0 Å². The van der Waals surface area contributed by atoms with Gasteiger partial charge in [-0.15, -0.1) is 0 Å². The first-order valence-corrected chi connectivity index (χ1v) is 9.23. The summed E-state index contributed by atoms with van der Waals surface area (Å²) < 4.78 is 3.44. The number of rotatable bonds is 7. The van der Waals surface area contributed by atoms with Gasteiger partial charge in [0.2, 0.25) is 0 Å². The van der Waals surface area contributed by atoms with E-state index >= 15 is 0 Å². The molecule has 0 N–H and O–H groups in total. The molecule has 0 aliphatic heterocycles. The summed E-state index contributed by atoms with van der Waals surface area (Å²) in [4.78, 5) is 0. The van der Waals surface area contributed by atoms with Crippen molar-refractivity contribution in [2.24, 2.45) is 0 Å². The second kappa shape index (κ2) is 7.72. The summed E-state index contributed by atoms with van der Waals surface area (Å²) in [6.45, 7) is 4.57. The van der Waals surface area contributed by atoms with Crippen molar-refractivity contribution < 1.29 is 0 Å². The average Bonchev–Trinajstić information content (AvgIpc) is 2.87. The van der Waals surface area contributed by atoms with E-state index in [0.717, 1.165) is 0 Å². The van der Waals surface area contributed by atoms with Crippen molar-refractivity contribution in [3.8, 4) is 11.1 Å². The van der Waals surface area contributed by atoms with Crippen molar-refractivity contribution in [3.05, 3.63) is 45.3 Å². The number of aryl methyl sites for hydroxylation is 2. The molecule has 0 nitrogen and oxygen atoms in total. The molecule has 0 saturated heterocycles. The van der Waals surface area contributed by atoms with Gasteiger partial charge in [0.15, 0.2) is 0 Å². The monoisotopic (exact) mass is 320 g/mol. The Kier molecular flexibility index (Phi) is 5.94. The minimum atomic E-state index is 0.621. The van der Waals surface area contributed by atoms with Gasteiger partial charge in [0, 0.05) is 0 Å². The second-order valence-corrected chi connectivity index (χ2v) is 7.69. The fraction of sp³-hybridized carbons (Fsp3) is 0.444. The molecule has 2 rings (SSSR count). The van der Waals surface area contributed by atoms with Crippen LogP contribution in [0, 0.1) is 0 Å². The Morgan fingerprint density at radius 3 is 2.26 bits per heavy atom. The van der Waals surface area contributed by atoms with Crippen LogP contribution >= 0.6 is 0 Å². The number of hydrogen-bond donors (Lipinski definition) is 0. The summed E-state index contributed by atoms with van der Waals surface area (Å²) in [6, 6.07) is 13.4. The molecule has 1 heterocycles. The molecule has 2 aromatic rings. The van der Waals surface area contributed by atoms with Gasteiger partial charge in [0.1, 0.15) is 0 Å². The van der Waals surface area contributed by atoms with Crippen LogP contribution in [0.25, 0.3) is 11.1 Å². The molecule has 0 radical (unpaired) electrons. The van der Waals surface area contributed by atoms with Crippen molar-refractivity contribution in [3.63, 3.8) is 0 Å². The van der Waals surface area contributed by atoms with E-state index in [1.54, 1.807) is 14.4 Å². The molecule has 0 fully saturated rings. The van der Waals surface area contributed by atoms with Gasteiger partial charge >= 0.3 is 123 Å². The van der Waals surface area contributed by atoms with Gasteiger partial charge in [-0.25, -0.2) is 0 Å². The first-order valence-electron chi connectivity index (χ1n) is 7.52. The SMILES string of the molecule is CCCCc1cc(-c2ccccc2)c(CCCC)[se]1. The van der Waals surface area contributed by atoms with E-state index in [1.807, 2.05) is 0 Å². The standard InChI is InChI=1S/C18H24Se/c1-3-5-12-16-14-17(15-10-8-7-9-11-15)18(19-16)13-6-4-2/h7-11,14H,3-6,12-13H2,1-2H3. The molecule has 0 aliphatic carbocycles. The molecular formula is C18H24Se. The van der Waals surface area contributed by atoms with Gasteiger partial charge in [-0.3, -0.25) is 0 Å². The van der Waals surface area contributed by atoms with Gasteiger partial charge in [-0.05, 0) is 0 Å². The van der Waals surface area contributed by atoms with E-state index in [-0.39, 0.29) is 0 Å². The summed E-state index contributed by atoms with van der Waals surface area (Å²) in [5.41, 5.74) is 2.96. The molecule has 0 aliphatic rings. The summed E-state index contributed by atoms with van der Waals surface area (Å²) in [7, 11) is 0. The summed E-state index contributed by atoms with van der Waals surface area (Å²) >= 11 is 0.621. The van der Waals surface area contributed by atoms with Gasteiger partial charge in [-0.2, -0.15) is 0 Å². The molecule has 0 atom stereocenters. The topological polar surface area (TPSA) is 0 Å². The van der Waals surface area contributed by atoms with Gasteiger partial charge < -0.3 is 0 Å². The van der Waals surface area contributed by atoms with Crippen LogP contribution < -0.4 is 0 Å². The third kappa shape index (κ3) is 4.09. The van der Waals surface area contributed by atoms with Crippen LogP contribution in [0.5, 0.6) is 0 Å². The Hall–Kier alpha value is -0.781. The molecule has 19 heavy (non-hydrogen) atoms. The Labute approximate surface area is 123 Å². The first-order chi connectivity index (χ1) is 9.35. The summed E-state index contributed by atoms with van der Waals surface area (Å²) in [5.74, 6) is 0. The van der Waals surface area contributed by atoms with Crippen LogP contribution in [-0.2, 0) is 12.8 Å². The maximum atomic E-state index is 2.50. The fourth-order valence-electron chi connectivity index (χ4n) is 2.34. The molecule has 1 aromatic carbocycles. The van der Waals surface area contributed by atoms with Crippen LogP contribution in [0.4, 0.5) is 0 Å². The average molecular weight is 319 g/mol. The van der Waals surface area contributed by atoms with Crippen LogP contribution in [0.15, 0.2) is 36.4 Å². The van der Waals surface area contributed by atoms with Crippen molar-refractivity contribution in [2.45, 2.75) is 52.4 Å².